The molecule has 1 heterocycles. The van der Waals surface area contributed by atoms with Crippen molar-refractivity contribution in [2.75, 3.05) is 7.05 Å². The fourth-order valence-electron chi connectivity index (χ4n) is 2.62. The summed E-state index contributed by atoms with van der Waals surface area (Å²) in [4.78, 5) is 12.0. The third kappa shape index (κ3) is 3.50. The summed E-state index contributed by atoms with van der Waals surface area (Å²) < 4.78 is 29.3. The number of rotatable bonds is 5. The van der Waals surface area contributed by atoms with Crippen LogP contribution < -0.4 is 4.87 Å². The van der Waals surface area contributed by atoms with Crippen LogP contribution in [0.3, 0.4) is 0 Å². The lowest BCUT2D eigenvalue weighted by Crippen LogP contribution is -2.26. The molecule has 0 radical (unpaired) electrons. The second-order valence-corrected chi connectivity index (χ2v) is 9.10. The maximum atomic E-state index is 12.8. The van der Waals surface area contributed by atoms with Crippen LogP contribution in [0.1, 0.15) is 12.5 Å². The number of aryl methyl sites for hydroxylation is 1. The van der Waals surface area contributed by atoms with Crippen molar-refractivity contribution in [1.29, 1.82) is 0 Å². The SMILES string of the molecule is CCn1c(=O)sc2cc(S(=O)(=O)N(C)Cc3ccc(Cl)cc3)ccc21. The number of fused-ring (bicyclic) bond motifs is 1. The van der Waals surface area contributed by atoms with Crippen LogP contribution in [0.15, 0.2) is 52.2 Å². The van der Waals surface area contributed by atoms with Crippen LogP contribution in [0.5, 0.6) is 0 Å². The molecule has 0 saturated carbocycles. The van der Waals surface area contributed by atoms with Crippen molar-refractivity contribution < 1.29 is 8.42 Å². The summed E-state index contributed by atoms with van der Waals surface area (Å²) in [5, 5.41) is 0.607. The van der Waals surface area contributed by atoms with Crippen molar-refractivity contribution >= 4 is 43.2 Å². The van der Waals surface area contributed by atoms with E-state index in [-0.39, 0.29) is 16.3 Å². The van der Waals surface area contributed by atoms with E-state index in [9.17, 15) is 13.2 Å². The molecule has 0 aliphatic carbocycles. The lowest BCUT2D eigenvalue weighted by Gasteiger charge is -2.17. The van der Waals surface area contributed by atoms with Gasteiger partial charge in [-0.15, -0.1) is 0 Å². The second kappa shape index (κ2) is 6.92. The Labute approximate surface area is 155 Å². The maximum Gasteiger partial charge on any atom is 0.308 e. The van der Waals surface area contributed by atoms with Crippen LogP contribution in [-0.2, 0) is 23.1 Å². The summed E-state index contributed by atoms with van der Waals surface area (Å²) >= 11 is 6.92. The predicted octanol–water partition coefficient (Wildman–Crippen LogP) is 3.56. The Hall–Kier alpha value is -1.67. The first-order valence-corrected chi connectivity index (χ1v) is 10.3. The van der Waals surface area contributed by atoms with Gasteiger partial charge in [-0.25, -0.2) is 8.42 Å². The number of sulfonamides is 1. The minimum Gasteiger partial charge on any atom is -0.299 e. The van der Waals surface area contributed by atoms with E-state index in [1.165, 1.54) is 11.4 Å². The lowest BCUT2D eigenvalue weighted by atomic mass is 10.2. The Morgan fingerprint density at radius 1 is 1.16 bits per heavy atom. The molecule has 0 unspecified atom stereocenters. The first-order valence-electron chi connectivity index (χ1n) is 7.67. The highest BCUT2D eigenvalue weighted by Crippen LogP contribution is 2.24. The molecule has 0 fully saturated rings. The van der Waals surface area contributed by atoms with Gasteiger partial charge >= 0.3 is 4.87 Å². The Morgan fingerprint density at radius 2 is 1.84 bits per heavy atom. The Kier molecular flexibility index (Phi) is 5.02. The Morgan fingerprint density at radius 3 is 2.48 bits per heavy atom. The first-order chi connectivity index (χ1) is 11.8. The van der Waals surface area contributed by atoms with Gasteiger partial charge in [-0.1, -0.05) is 35.1 Å². The van der Waals surface area contributed by atoms with E-state index >= 15 is 0 Å². The molecule has 0 saturated heterocycles. The second-order valence-electron chi connectivity index (χ2n) is 5.63. The standard InChI is InChI=1S/C17H17ClN2O3S2/c1-3-20-15-9-8-14(10-16(15)24-17(20)21)25(22,23)19(2)11-12-4-6-13(18)7-5-12/h4-10H,3,11H2,1-2H3. The summed E-state index contributed by atoms with van der Waals surface area (Å²) in [6, 6.07) is 11.9. The van der Waals surface area contributed by atoms with Crippen molar-refractivity contribution in [1.82, 2.24) is 8.87 Å². The quantitative estimate of drug-likeness (QED) is 0.662. The summed E-state index contributed by atoms with van der Waals surface area (Å²) in [5.41, 5.74) is 1.61. The maximum absolute atomic E-state index is 12.8. The Balaban J connectivity index is 1.94. The average molecular weight is 397 g/mol. The van der Waals surface area contributed by atoms with Crippen LogP contribution in [0.25, 0.3) is 10.2 Å². The summed E-state index contributed by atoms with van der Waals surface area (Å²) in [6.45, 7) is 2.68. The number of halogens is 1. The van der Waals surface area contributed by atoms with E-state index < -0.39 is 10.0 Å². The number of nitrogens with zero attached hydrogens (tertiary/aromatic N) is 2. The van der Waals surface area contributed by atoms with Crippen LogP contribution in [-0.4, -0.2) is 24.3 Å². The fourth-order valence-corrected chi connectivity index (χ4v) is 5.00. The molecule has 0 aliphatic rings. The molecule has 5 nitrogen and oxygen atoms in total. The van der Waals surface area contributed by atoms with Gasteiger partial charge in [0.05, 0.1) is 15.1 Å². The largest absolute Gasteiger partial charge is 0.308 e. The monoisotopic (exact) mass is 396 g/mol. The first kappa shape index (κ1) is 18.1. The number of hydrogen-bond acceptors (Lipinski definition) is 4. The minimum absolute atomic E-state index is 0.0819. The van der Waals surface area contributed by atoms with Gasteiger partial charge in [0, 0.05) is 25.2 Å². The van der Waals surface area contributed by atoms with Crippen molar-refractivity contribution in [3.05, 3.63) is 62.7 Å². The molecule has 3 aromatic rings. The van der Waals surface area contributed by atoms with E-state index in [0.717, 1.165) is 22.4 Å². The zero-order valence-corrected chi connectivity index (χ0v) is 16.2. The third-order valence-electron chi connectivity index (χ3n) is 3.98. The minimum atomic E-state index is -3.65. The lowest BCUT2D eigenvalue weighted by molar-refractivity contribution is 0.467. The van der Waals surface area contributed by atoms with E-state index in [1.54, 1.807) is 47.0 Å². The third-order valence-corrected chi connectivity index (χ3v) is 6.98. The molecule has 0 amide bonds. The number of hydrogen-bond donors (Lipinski definition) is 0. The van der Waals surface area contributed by atoms with Gasteiger partial charge < -0.3 is 0 Å². The van der Waals surface area contributed by atoms with Crippen LogP contribution in [0.4, 0.5) is 0 Å². The molecule has 0 spiro atoms. The molecule has 132 valence electrons. The van der Waals surface area contributed by atoms with Gasteiger partial charge in [0.1, 0.15) is 0 Å². The molecule has 1 aromatic heterocycles. The van der Waals surface area contributed by atoms with Crippen molar-refractivity contribution in [2.24, 2.45) is 0 Å². The van der Waals surface area contributed by atoms with Crippen molar-refractivity contribution in [3.63, 3.8) is 0 Å². The van der Waals surface area contributed by atoms with Crippen molar-refractivity contribution in [2.45, 2.75) is 24.9 Å². The molecule has 2 aromatic carbocycles. The molecule has 8 heteroatoms. The number of thiazole rings is 1. The van der Waals surface area contributed by atoms with Gasteiger partial charge in [-0.3, -0.25) is 9.36 Å². The van der Waals surface area contributed by atoms with Gasteiger partial charge in [-0.05, 0) is 42.8 Å². The normalized spacial score (nSPS) is 12.2. The number of benzene rings is 2. The summed E-state index contributed by atoms with van der Waals surface area (Å²) in [5.74, 6) is 0. The van der Waals surface area contributed by atoms with E-state index in [0.29, 0.717) is 16.3 Å². The predicted molar refractivity (Wildman–Crippen MR) is 102 cm³/mol. The van der Waals surface area contributed by atoms with Gasteiger partial charge in [0.15, 0.2) is 0 Å². The molecular weight excluding hydrogens is 380 g/mol. The molecular formula is C17H17ClN2O3S2. The van der Waals surface area contributed by atoms with Crippen LogP contribution >= 0.6 is 22.9 Å². The van der Waals surface area contributed by atoms with Gasteiger partial charge in [0.25, 0.3) is 0 Å². The van der Waals surface area contributed by atoms with Crippen molar-refractivity contribution in [3.8, 4) is 0 Å². The summed E-state index contributed by atoms with van der Waals surface area (Å²) in [6.07, 6.45) is 0. The molecule has 0 bridgehead atoms. The average Bonchev–Trinajstić information content (AvgIpc) is 2.90. The summed E-state index contributed by atoms with van der Waals surface area (Å²) in [7, 11) is -2.12. The van der Waals surface area contributed by atoms with Crippen LogP contribution in [0, 0.1) is 0 Å². The van der Waals surface area contributed by atoms with E-state index in [1.807, 2.05) is 6.92 Å². The highest BCUT2D eigenvalue weighted by Gasteiger charge is 2.22. The zero-order valence-electron chi connectivity index (χ0n) is 13.8. The molecule has 0 aliphatic heterocycles. The molecule has 25 heavy (non-hydrogen) atoms. The topological polar surface area (TPSA) is 59.4 Å². The highest BCUT2D eigenvalue weighted by molar-refractivity contribution is 7.89. The zero-order chi connectivity index (χ0) is 18.2. The Bertz CT molecular complexity index is 1070. The fraction of sp³-hybridized carbons (Fsp3) is 0.235. The smallest absolute Gasteiger partial charge is 0.299 e. The molecule has 0 atom stereocenters. The molecule has 0 N–H and O–H groups in total. The highest BCUT2D eigenvalue weighted by atomic mass is 35.5. The van der Waals surface area contributed by atoms with E-state index in [2.05, 4.69) is 0 Å². The van der Waals surface area contributed by atoms with Gasteiger partial charge in [0.2, 0.25) is 10.0 Å². The molecule has 3 rings (SSSR count). The number of aromatic nitrogens is 1. The van der Waals surface area contributed by atoms with E-state index in [4.69, 9.17) is 11.6 Å². The van der Waals surface area contributed by atoms with Crippen LogP contribution in [0.2, 0.25) is 5.02 Å². The van der Waals surface area contributed by atoms with Gasteiger partial charge in [-0.2, -0.15) is 4.31 Å².